The number of nitrogens with zero attached hydrogens (tertiary/aromatic N) is 1. The number of ether oxygens (including phenoxy) is 1. The highest BCUT2D eigenvalue weighted by Gasteiger charge is 2.11. The second-order valence-corrected chi connectivity index (χ2v) is 5.99. The maximum Gasteiger partial charge on any atom is 0.274 e. The average Bonchev–Trinajstić information content (AvgIpc) is 2.46. The van der Waals surface area contributed by atoms with Crippen LogP contribution >= 0.6 is 0 Å². The number of benzene rings is 1. The van der Waals surface area contributed by atoms with Crippen LogP contribution in [-0.2, 0) is 0 Å². The number of amides is 1. The topological polar surface area (TPSA) is 63.2 Å². The van der Waals surface area contributed by atoms with Crippen LogP contribution in [0, 0.1) is 0 Å². The van der Waals surface area contributed by atoms with Gasteiger partial charge < -0.3 is 15.4 Å². The molecule has 5 nitrogen and oxygen atoms in total. The van der Waals surface area contributed by atoms with E-state index in [1.165, 1.54) is 0 Å². The van der Waals surface area contributed by atoms with Crippen molar-refractivity contribution in [1.29, 1.82) is 0 Å². The van der Waals surface area contributed by atoms with Crippen LogP contribution in [0.5, 0.6) is 5.75 Å². The number of pyridine rings is 1. The first-order chi connectivity index (χ1) is 10.4. The summed E-state index contributed by atoms with van der Waals surface area (Å²) in [5.41, 5.74) is 1.86. The number of carbonyl (C=O) groups excluding carboxylic acids is 1. The van der Waals surface area contributed by atoms with E-state index in [0.29, 0.717) is 17.1 Å². The Bertz CT molecular complexity index is 646. The van der Waals surface area contributed by atoms with Gasteiger partial charge in [-0.2, -0.15) is 0 Å². The largest absolute Gasteiger partial charge is 0.497 e. The molecule has 2 rings (SSSR count). The minimum atomic E-state index is -0.254. The molecule has 2 N–H and O–H groups in total. The normalized spacial score (nSPS) is 10.9. The lowest BCUT2D eigenvalue weighted by Crippen LogP contribution is -2.26. The summed E-state index contributed by atoms with van der Waals surface area (Å²) in [6.07, 6.45) is 1.66. The molecule has 0 aliphatic carbocycles. The summed E-state index contributed by atoms with van der Waals surface area (Å²) in [7, 11) is 1.59. The summed E-state index contributed by atoms with van der Waals surface area (Å²) in [4.78, 5) is 16.4. The third-order valence-electron chi connectivity index (χ3n) is 2.84. The SMILES string of the molecule is COc1cccc(NC(=O)c2ccc(NC(C)(C)C)cn2)c1. The standard InChI is InChI=1S/C17H21N3O2/c1-17(2,3)20-13-8-9-15(18-11-13)16(21)19-12-6-5-7-14(10-12)22-4/h5-11,20H,1-4H3,(H,19,21). The van der Waals surface area contributed by atoms with Crippen LogP contribution in [0.1, 0.15) is 31.3 Å². The summed E-state index contributed by atoms with van der Waals surface area (Å²) in [5, 5.41) is 6.10. The molecule has 0 unspecified atom stereocenters. The van der Waals surface area contributed by atoms with E-state index in [1.807, 2.05) is 18.2 Å². The van der Waals surface area contributed by atoms with Crippen molar-refractivity contribution in [3.8, 4) is 5.75 Å². The van der Waals surface area contributed by atoms with E-state index in [1.54, 1.807) is 31.5 Å². The van der Waals surface area contributed by atoms with Gasteiger partial charge in [0.15, 0.2) is 0 Å². The minimum Gasteiger partial charge on any atom is -0.497 e. The van der Waals surface area contributed by atoms with Crippen LogP contribution in [0.25, 0.3) is 0 Å². The Morgan fingerprint density at radius 1 is 1.14 bits per heavy atom. The highest BCUT2D eigenvalue weighted by Crippen LogP contribution is 2.18. The summed E-state index contributed by atoms with van der Waals surface area (Å²) >= 11 is 0. The molecule has 0 atom stereocenters. The highest BCUT2D eigenvalue weighted by molar-refractivity contribution is 6.03. The Morgan fingerprint density at radius 2 is 1.91 bits per heavy atom. The molecule has 1 aromatic heterocycles. The molecular weight excluding hydrogens is 278 g/mol. The quantitative estimate of drug-likeness (QED) is 0.906. The van der Waals surface area contributed by atoms with Gasteiger partial charge in [-0.25, -0.2) is 4.98 Å². The van der Waals surface area contributed by atoms with Gasteiger partial charge in [-0.15, -0.1) is 0 Å². The van der Waals surface area contributed by atoms with Gasteiger partial charge in [-0.3, -0.25) is 4.79 Å². The van der Waals surface area contributed by atoms with E-state index in [2.05, 4.69) is 36.4 Å². The van der Waals surface area contributed by atoms with Crippen LogP contribution in [0.4, 0.5) is 11.4 Å². The van der Waals surface area contributed by atoms with Crippen molar-refractivity contribution in [2.75, 3.05) is 17.7 Å². The molecule has 22 heavy (non-hydrogen) atoms. The number of aromatic nitrogens is 1. The van der Waals surface area contributed by atoms with E-state index in [4.69, 9.17) is 4.74 Å². The monoisotopic (exact) mass is 299 g/mol. The number of rotatable bonds is 4. The maximum atomic E-state index is 12.2. The lowest BCUT2D eigenvalue weighted by Gasteiger charge is -2.21. The molecule has 0 spiro atoms. The van der Waals surface area contributed by atoms with Crippen molar-refractivity contribution in [2.45, 2.75) is 26.3 Å². The average molecular weight is 299 g/mol. The van der Waals surface area contributed by atoms with Crippen molar-refractivity contribution in [2.24, 2.45) is 0 Å². The third-order valence-corrected chi connectivity index (χ3v) is 2.84. The maximum absolute atomic E-state index is 12.2. The van der Waals surface area contributed by atoms with Gasteiger partial charge in [0.2, 0.25) is 0 Å². The zero-order valence-corrected chi connectivity index (χ0v) is 13.3. The van der Waals surface area contributed by atoms with E-state index < -0.39 is 0 Å². The van der Waals surface area contributed by atoms with Gasteiger partial charge in [-0.05, 0) is 45.0 Å². The van der Waals surface area contributed by atoms with Crippen LogP contribution in [0.3, 0.4) is 0 Å². The van der Waals surface area contributed by atoms with Crippen molar-refractivity contribution in [3.63, 3.8) is 0 Å². The molecule has 1 amide bonds. The molecule has 0 saturated heterocycles. The first kappa shape index (κ1) is 15.8. The molecule has 0 fully saturated rings. The number of hydrogen-bond donors (Lipinski definition) is 2. The number of anilines is 2. The van der Waals surface area contributed by atoms with Crippen LogP contribution in [0.2, 0.25) is 0 Å². The molecule has 0 bridgehead atoms. The van der Waals surface area contributed by atoms with Crippen LogP contribution in [0.15, 0.2) is 42.6 Å². The number of carbonyl (C=O) groups is 1. The fourth-order valence-electron chi connectivity index (χ4n) is 1.93. The van der Waals surface area contributed by atoms with Crippen molar-refractivity contribution < 1.29 is 9.53 Å². The molecule has 116 valence electrons. The lowest BCUT2D eigenvalue weighted by molar-refractivity contribution is 0.102. The van der Waals surface area contributed by atoms with Crippen molar-refractivity contribution >= 4 is 17.3 Å². The molecule has 0 aliphatic rings. The van der Waals surface area contributed by atoms with Gasteiger partial charge in [0.1, 0.15) is 11.4 Å². The second-order valence-electron chi connectivity index (χ2n) is 5.99. The fraction of sp³-hybridized carbons (Fsp3) is 0.294. The molecule has 0 saturated carbocycles. The van der Waals surface area contributed by atoms with Gasteiger partial charge in [0.25, 0.3) is 5.91 Å². The van der Waals surface area contributed by atoms with Crippen LogP contribution < -0.4 is 15.4 Å². The third kappa shape index (κ3) is 4.48. The zero-order valence-electron chi connectivity index (χ0n) is 13.3. The summed E-state index contributed by atoms with van der Waals surface area (Å²) in [5.74, 6) is 0.436. The molecule has 2 aromatic rings. The second kappa shape index (κ2) is 6.47. The van der Waals surface area contributed by atoms with Gasteiger partial charge >= 0.3 is 0 Å². The Balaban J connectivity index is 2.06. The number of hydrogen-bond acceptors (Lipinski definition) is 4. The van der Waals surface area contributed by atoms with Gasteiger partial charge in [0.05, 0.1) is 19.0 Å². The van der Waals surface area contributed by atoms with Crippen molar-refractivity contribution in [3.05, 3.63) is 48.3 Å². The predicted molar refractivity (Wildman–Crippen MR) is 88.6 cm³/mol. The summed E-state index contributed by atoms with van der Waals surface area (Å²) < 4.78 is 5.13. The Hall–Kier alpha value is -2.56. The predicted octanol–water partition coefficient (Wildman–Crippen LogP) is 3.55. The Kier molecular flexibility index (Phi) is 4.65. The lowest BCUT2D eigenvalue weighted by atomic mass is 10.1. The first-order valence-corrected chi connectivity index (χ1v) is 7.07. The first-order valence-electron chi connectivity index (χ1n) is 7.07. The Morgan fingerprint density at radius 3 is 2.50 bits per heavy atom. The summed E-state index contributed by atoms with van der Waals surface area (Å²) in [6.45, 7) is 6.20. The van der Waals surface area contributed by atoms with E-state index in [9.17, 15) is 4.79 Å². The highest BCUT2D eigenvalue weighted by atomic mass is 16.5. The van der Waals surface area contributed by atoms with Crippen LogP contribution in [-0.4, -0.2) is 23.5 Å². The summed E-state index contributed by atoms with van der Waals surface area (Å²) in [6, 6.07) is 10.7. The number of nitrogens with one attached hydrogen (secondary N) is 2. The molecule has 1 heterocycles. The van der Waals surface area contributed by atoms with Crippen molar-refractivity contribution in [1.82, 2.24) is 4.98 Å². The number of methoxy groups -OCH3 is 1. The van der Waals surface area contributed by atoms with Gasteiger partial charge in [-0.1, -0.05) is 6.07 Å². The molecule has 5 heteroatoms. The smallest absolute Gasteiger partial charge is 0.274 e. The Labute approximate surface area is 130 Å². The molecule has 1 aromatic carbocycles. The molecule has 0 radical (unpaired) electrons. The molecular formula is C17H21N3O2. The fourth-order valence-corrected chi connectivity index (χ4v) is 1.93. The van der Waals surface area contributed by atoms with E-state index in [-0.39, 0.29) is 11.4 Å². The minimum absolute atomic E-state index is 0.0496. The van der Waals surface area contributed by atoms with E-state index >= 15 is 0 Å². The van der Waals surface area contributed by atoms with Gasteiger partial charge in [0, 0.05) is 17.3 Å². The van der Waals surface area contributed by atoms with E-state index in [0.717, 1.165) is 5.69 Å². The zero-order chi connectivity index (χ0) is 16.2. The molecule has 0 aliphatic heterocycles.